The van der Waals surface area contributed by atoms with Crippen LogP contribution in [0.15, 0.2) is 48.6 Å². The molecule has 4 rings (SSSR count). The number of benzene rings is 2. The summed E-state index contributed by atoms with van der Waals surface area (Å²) in [6.07, 6.45) is 5.63. The summed E-state index contributed by atoms with van der Waals surface area (Å²) in [6.45, 7) is 2.06. The molecule has 0 bridgehead atoms. The van der Waals surface area contributed by atoms with E-state index >= 15 is 0 Å². The Hall–Kier alpha value is -2.26. The van der Waals surface area contributed by atoms with Gasteiger partial charge in [0, 0.05) is 16.6 Å². The maximum atomic E-state index is 11.7. The maximum Gasteiger partial charge on any atom is 0.337 e. The topological polar surface area (TPSA) is 38.3 Å². The SMILES string of the molecule is COC(=O)c1ccc([C@@H]2Nc3c(ccc(Cl)c3C)[C@H]3C=CC[C@@H]32)cc1. The van der Waals surface area contributed by atoms with Crippen LogP contribution in [0.5, 0.6) is 0 Å². The zero-order valence-corrected chi connectivity index (χ0v) is 15.0. The lowest BCUT2D eigenvalue weighted by atomic mass is 9.76. The van der Waals surface area contributed by atoms with E-state index in [9.17, 15) is 4.79 Å². The molecule has 0 saturated carbocycles. The lowest BCUT2D eigenvalue weighted by molar-refractivity contribution is 0.0600. The highest BCUT2D eigenvalue weighted by atomic mass is 35.5. The van der Waals surface area contributed by atoms with Gasteiger partial charge in [0.2, 0.25) is 0 Å². The van der Waals surface area contributed by atoms with Gasteiger partial charge in [-0.25, -0.2) is 4.79 Å². The normalized spacial score (nSPS) is 23.6. The van der Waals surface area contributed by atoms with Gasteiger partial charge in [-0.1, -0.05) is 42.0 Å². The van der Waals surface area contributed by atoms with E-state index < -0.39 is 0 Å². The maximum absolute atomic E-state index is 11.7. The summed E-state index contributed by atoms with van der Waals surface area (Å²) in [5.41, 5.74) is 5.30. The van der Waals surface area contributed by atoms with E-state index in [-0.39, 0.29) is 12.0 Å². The molecule has 3 atom stereocenters. The zero-order valence-electron chi connectivity index (χ0n) is 14.3. The Balaban J connectivity index is 1.73. The Bertz CT molecular complexity index is 857. The van der Waals surface area contributed by atoms with E-state index in [1.807, 2.05) is 30.3 Å². The first-order chi connectivity index (χ1) is 12.1. The van der Waals surface area contributed by atoms with E-state index in [4.69, 9.17) is 16.3 Å². The number of halogens is 1. The number of rotatable bonds is 2. The second-order valence-electron chi connectivity index (χ2n) is 6.73. The van der Waals surface area contributed by atoms with Crippen LogP contribution in [0, 0.1) is 12.8 Å². The van der Waals surface area contributed by atoms with E-state index in [2.05, 4.69) is 30.5 Å². The Kier molecular flexibility index (Phi) is 4.04. The molecule has 2 aliphatic rings. The van der Waals surface area contributed by atoms with Crippen molar-refractivity contribution >= 4 is 23.3 Å². The number of hydrogen-bond donors (Lipinski definition) is 1. The number of nitrogens with one attached hydrogen (secondary N) is 1. The van der Waals surface area contributed by atoms with E-state index in [0.29, 0.717) is 17.4 Å². The molecular weight excluding hydrogens is 334 g/mol. The van der Waals surface area contributed by atoms with Crippen LogP contribution in [-0.2, 0) is 4.74 Å². The number of carbonyl (C=O) groups is 1. The number of allylic oxidation sites excluding steroid dienone is 2. The molecule has 2 aromatic rings. The van der Waals surface area contributed by atoms with Crippen molar-refractivity contribution < 1.29 is 9.53 Å². The van der Waals surface area contributed by atoms with Crippen LogP contribution in [0.2, 0.25) is 5.02 Å². The summed E-state index contributed by atoms with van der Waals surface area (Å²) in [5, 5.41) is 4.50. The van der Waals surface area contributed by atoms with Crippen molar-refractivity contribution in [2.45, 2.75) is 25.3 Å². The first kappa shape index (κ1) is 16.2. The third kappa shape index (κ3) is 2.63. The van der Waals surface area contributed by atoms with Crippen molar-refractivity contribution in [1.82, 2.24) is 0 Å². The van der Waals surface area contributed by atoms with Gasteiger partial charge in [0.05, 0.1) is 18.7 Å². The minimum Gasteiger partial charge on any atom is -0.465 e. The summed E-state index contributed by atoms with van der Waals surface area (Å²) in [5.74, 6) is 0.561. The third-order valence-electron chi connectivity index (χ3n) is 5.42. The summed E-state index contributed by atoms with van der Waals surface area (Å²) >= 11 is 6.34. The molecule has 0 spiro atoms. The fourth-order valence-electron chi connectivity index (χ4n) is 4.06. The number of carbonyl (C=O) groups excluding carboxylic acids is 1. The molecule has 1 aliphatic carbocycles. The quantitative estimate of drug-likeness (QED) is 0.591. The number of esters is 1. The fraction of sp³-hybridized carbons (Fsp3) is 0.286. The van der Waals surface area contributed by atoms with Crippen LogP contribution in [0.25, 0.3) is 0 Å². The van der Waals surface area contributed by atoms with Crippen LogP contribution < -0.4 is 5.32 Å². The molecule has 2 aromatic carbocycles. The predicted octanol–water partition coefficient (Wildman–Crippen LogP) is 5.26. The van der Waals surface area contributed by atoms with Crippen LogP contribution >= 0.6 is 11.6 Å². The number of hydrogen-bond acceptors (Lipinski definition) is 3. The Morgan fingerprint density at radius 3 is 2.68 bits per heavy atom. The minimum absolute atomic E-state index is 0.191. The summed E-state index contributed by atoms with van der Waals surface area (Å²) in [7, 11) is 1.40. The van der Waals surface area contributed by atoms with Crippen LogP contribution in [0.3, 0.4) is 0 Å². The Morgan fingerprint density at radius 1 is 1.20 bits per heavy atom. The smallest absolute Gasteiger partial charge is 0.337 e. The Morgan fingerprint density at radius 2 is 1.96 bits per heavy atom. The highest BCUT2D eigenvalue weighted by molar-refractivity contribution is 6.31. The van der Waals surface area contributed by atoms with Crippen molar-refractivity contribution in [3.05, 3.63) is 75.8 Å². The molecule has 0 saturated heterocycles. The lowest BCUT2D eigenvalue weighted by Crippen LogP contribution is -2.29. The van der Waals surface area contributed by atoms with Gasteiger partial charge in [-0.2, -0.15) is 0 Å². The molecular formula is C21H20ClNO2. The average molecular weight is 354 g/mol. The molecule has 25 heavy (non-hydrogen) atoms. The molecule has 0 aromatic heterocycles. The average Bonchev–Trinajstić information content (AvgIpc) is 3.13. The van der Waals surface area contributed by atoms with E-state index in [1.165, 1.54) is 18.2 Å². The molecule has 4 heteroatoms. The zero-order chi connectivity index (χ0) is 17.6. The molecule has 0 unspecified atom stereocenters. The first-order valence-corrected chi connectivity index (χ1v) is 8.88. The van der Waals surface area contributed by atoms with Gasteiger partial charge in [-0.05, 0) is 54.2 Å². The van der Waals surface area contributed by atoms with Crippen LogP contribution in [0.4, 0.5) is 5.69 Å². The summed E-state index contributed by atoms with van der Waals surface area (Å²) in [6, 6.07) is 12.0. The van der Waals surface area contributed by atoms with Crippen molar-refractivity contribution in [2.24, 2.45) is 5.92 Å². The first-order valence-electron chi connectivity index (χ1n) is 8.50. The van der Waals surface area contributed by atoms with Crippen molar-refractivity contribution in [3.8, 4) is 0 Å². The summed E-state index contributed by atoms with van der Waals surface area (Å²) < 4.78 is 4.79. The van der Waals surface area contributed by atoms with Gasteiger partial charge in [-0.3, -0.25) is 0 Å². The van der Waals surface area contributed by atoms with Gasteiger partial charge in [0.1, 0.15) is 0 Å². The molecule has 0 amide bonds. The second-order valence-corrected chi connectivity index (χ2v) is 7.13. The fourth-order valence-corrected chi connectivity index (χ4v) is 4.22. The van der Waals surface area contributed by atoms with Gasteiger partial charge in [0.25, 0.3) is 0 Å². The molecule has 1 heterocycles. The van der Waals surface area contributed by atoms with Crippen molar-refractivity contribution in [2.75, 3.05) is 12.4 Å². The van der Waals surface area contributed by atoms with Gasteiger partial charge in [-0.15, -0.1) is 0 Å². The standard InChI is InChI=1S/C21H20ClNO2/c1-12-18(22)11-10-17-15-4-3-5-16(15)20(23-19(12)17)13-6-8-14(9-7-13)21(24)25-2/h3-4,6-11,15-16,20,23H,5H2,1-2H3/t15-,16-,20-/m0/s1. The van der Waals surface area contributed by atoms with Crippen LogP contribution in [0.1, 0.15) is 45.4 Å². The molecule has 128 valence electrons. The predicted molar refractivity (Wildman–Crippen MR) is 100 cm³/mol. The number of anilines is 1. The minimum atomic E-state index is -0.309. The van der Waals surface area contributed by atoms with Crippen molar-refractivity contribution in [1.29, 1.82) is 0 Å². The van der Waals surface area contributed by atoms with Crippen molar-refractivity contribution in [3.63, 3.8) is 0 Å². The van der Waals surface area contributed by atoms with Crippen LogP contribution in [-0.4, -0.2) is 13.1 Å². The van der Waals surface area contributed by atoms with Gasteiger partial charge in [0.15, 0.2) is 0 Å². The van der Waals surface area contributed by atoms with E-state index in [0.717, 1.165) is 22.7 Å². The molecule has 1 aliphatic heterocycles. The number of methoxy groups -OCH3 is 1. The van der Waals surface area contributed by atoms with E-state index in [1.54, 1.807) is 0 Å². The summed E-state index contributed by atoms with van der Waals surface area (Å²) in [4.78, 5) is 11.7. The number of ether oxygens (including phenoxy) is 1. The molecule has 1 N–H and O–H groups in total. The molecule has 0 fully saturated rings. The second kappa shape index (κ2) is 6.23. The number of fused-ring (bicyclic) bond motifs is 3. The van der Waals surface area contributed by atoms with Gasteiger partial charge >= 0.3 is 5.97 Å². The largest absolute Gasteiger partial charge is 0.465 e. The monoisotopic (exact) mass is 353 g/mol. The highest BCUT2D eigenvalue weighted by Gasteiger charge is 2.38. The Labute approximate surface area is 152 Å². The highest BCUT2D eigenvalue weighted by Crippen LogP contribution is 2.51. The molecule has 0 radical (unpaired) electrons. The molecule has 3 nitrogen and oxygen atoms in total. The third-order valence-corrected chi connectivity index (χ3v) is 5.83. The van der Waals surface area contributed by atoms with Gasteiger partial charge < -0.3 is 10.1 Å². The lowest BCUT2D eigenvalue weighted by Gasteiger charge is -2.38.